The quantitative estimate of drug-likeness (QED) is 0.189. The molecule has 0 unspecified atom stereocenters. The van der Waals surface area contributed by atoms with Crippen molar-refractivity contribution in [2.24, 2.45) is 0 Å². The average Bonchev–Trinajstić information content (AvgIpc) is 3.72. The molecule has 0 aliphatic rings. The van der Waals surface area contributed by atoms with E-state index in [-0.39, 0.29) is 5.75 Å². The van der Waals surface area contributed by atoms with Crippen molar-refractivity contribution >= 4 is 21.9 Å². The number of para-hydroxylation sites is 2. The summed E-state index contributed by atoms with van der Waals surface area (Å²) in [5.41, 5.74) is 12.9. The highest BCUT2D eigenvalue weighted by Gasteiger charge is 2.22. The normalized spacial score (nSPS) is 11.7. The number of benzene rings is 6. The van der Waals surface area contributed by atoms with Crippen molar-refractivity contribution in [1.29, 1.82) is 0 Å². The Morgan fingerprint density at radius 1 is 0.510 bits per heavy atom. The molecule has 4 heteroatoms. The highest BCUT2D eigenvalue weighted by Crippen LogP contribution is 2.41. The molecule has 0 spiro atoms. The molecule has 6 aromatic carbocycles. The molecule has 0 saturated heterocycles. The fraction of sp³-hybridized carbons (Fsp3) is 0.133. The summed E-state index contributed by atoms with van der Waals surface area (Å²) in [6.45, 7) is 8.88. The molecule has 1 N–H and O–H groups in total. The molecule has 49 heavy (non-hydrogen) atoms. The minimum absolute atomic E-state index is 0.203. The molecule has 0 bridgehead atoms. The Bertz CT molecular complexity index is 2430. The average molecular weight is 638 g/mol. The zero-order valence-electron chi connectivity index (χ0n) is 28.3. The Kier molecular flexibility index (Phi) is 7.64. The first-order valence-electron chi connectivity index (χ1n) is 17.1. The molecule has 2 heterocycles. The summed E-state index contributed by atoms with van der Waals surface area (Å²) in [6, 6.07) is 51.0. The minimum atomic E-state index is 0.203. The summed E-state index contributed by atoms with van der Waals surface area (Å²) in [7, 11) is 0. The van der Waals surface area contributed by atoms with Crippen molar-refractivity contribution < 1.29 is 5.11 Å². The minimum Gasteiger partial charge on any atom is -0.507 e. The lowest BCUT2D eigenvalue weighted by molar-refractivity contribution is 0.477. The molecule has 0 radical (unpaired) electrons. The lowest BCUT2D eigenvalue weighted by atomic mass is 10.00. The lowest BCUT2D eigenvalue weighted by Gasteiger charge is -2.14. The molecular weight excluding hydrogens is 599 g/mol. The Balaban J connectivity index is 1.39. The Hall–Kier alpha value is -5.87. The number of phenolic OH excluding ortho intramolecular Hbond substituents is 1. The second-order valence-corrected chi connectivity index (χ2v) is 13.4. The first kappa shape index (κ1) is 30.5. The van der Waals surface area contributed by atoms with Gasteiger partial charge < -0.3 is 9.67 Å². The molecule has 240 valence electrons. The van der Waals surface area contributed by atoms with Crippen LogP contribution >= 0.6 is 0 Å². The molecule has 0 aliphatic heterocycles. The predicted octanol–water partition coefficient (Wildman–Crippen LogP) is 11.9. The summed E-state index contributed by atoms with van der Waals surface area (Å²) in [6.07, 6.45) is 0. The smallest absolute Gasteiger partial charge is 0.149 e. The van der Waals surface area contributed by atoms with Crippen LogP contribution < -0.4 is 0 Å². The maximum atomic E-state index is 11.0. The Morgan fingerprint density at radius 2 is 1.06 bits per heavy atom. The third-order valence-electron chi connectivity index (χ3n) is 9.67. The third-order valence-corrected chi connectivity index (χ3v) is 9.67. The Morgan fingerprint density at radius 3 is 1.69 bits per heavy atom. The van der Waals surface area contributed by atoms with E-state index in [2.05, 4.69) is 158 Å². The van der Waals surface area contributed by atoms with Crippen LogP contribution in [-0.2, 0) is 0 Å². The summed E-state index contributed by atoms with van der Waals surface area (Å²) in [5, 5.41) is 12.2. The molecule has 0 amide bonds. The van der Waals surface area contributed by atoms with Gasteiger partial charge >= 0.3 is 0 Å². The van der Waals surface area contributed by atoms with E-state index in [4.69, 9.17) is 4.98 Å². The van der Waals surface area contributed by atoms with Gasteiger partial charge in [-0.2, -0.15) is 0 Å². The van der Waals surface area contributed by atoms with Crippen molar-refractivity contribution in [3.63, 3.8) is 0 Å². The first-order chi connectivity index (χ1) is 23.9. The van der Waals surface area contributed by atoms with Crippen molar-refractivity contribution in [2.45, 2.75) is 39.5 Å². The van der Waals surface area contributed by atoms with Gasteiger partial charge in [0.2, 0.25) is 0 Å². The zero-order chi connectivity index (χ0) is 33.6. The second-order valence-electron chi connectivity index (χ2n) is 13.4. The standard InChI is InChI=1S/C45H39N3O/c1-29(2)31-20-24-34(25-21-31)47-40-17-10-15-36(39(40)28-42(47)33-12-6-5-7-13-33)37-16-11-18-41-44(37)46-45(38-14-8-9-19-43(38)49)48(41)35-26-22-32(23-27-35)30(3)4/h5-30,49H,1-4H3. The van der Waals surface area contributed by atoms with Gasteiger partial charge in [-0.15, -0.1) is 0 Å². The van der Waals surface area contributed by atoms with Crippen LogP contribution in [0.15, 0.2) is 146 Å². The molecule has 2 aromatic heterocycles. The molecule has 0 aliphatic carbocycles. The molecule has 0 atom stereocenters. The summed E-state index contributed by atoms with van der Waals surface area (Å²) < 4.78 is 4.55. The molecular formula is C45H39N3O. The number of imidazole rings is 1. The van der Waals surface area contributed by atoms with Crippen LogP contribution in [0.2, 0.25) is 0 Å². The number of hydrogen-bond acceptors (Lipinski definition) is 2. The van der Waals surface area contributed by atoms with Crippen LogP contribution in [0, 0.1) is 0 Å². The van der Waals surface area contributed by atoms with E-state index in [0.717, 1.165) is 55.7 Å². The lowest BCUT2D eigenvalue weighted by Crippen LogP contribution is -1.98. The zero-order valence-corrected chi connectivity index (χ0v) is 28.3. The molecule has 8 rings (SSSR count). The summed E-state index contributed by atoms with van der Waals surface area (Å²) in [4.78, 5) is 5.33. The van der Waals surface area contributed by atoms with Crippen molar-refractivity contribution in [3.8, 4) is 50.9 Å². The van der Waals surface area contributed by atoms with Gasteiger partial charge in [-0.25, -0.2) is 4.98 Å². The van der Waals surface area contributed by atoms with Crippen molar-refractivity contribution in [2.75, 3.05) is 0 Å². The van der Waals surface area contributed by atoms with Crippen LogP contribution in [0.5, 0.6) is 5.75 Å². The van der Waals surface area contributed by atoms with E-state index in [1.807, 2.05) is 18.2 Å². The van der Waals surface area contributed by atoms with Crippen molar-refractivity contribution in [1.82, 2.24) is 14.1 Å². The van der Waals surface area contributed by atoms with Crippen LogP contribution in [0.4, 0.5) is 0 Å². The SMILES string of the molecule is CC(C)c1ccc(-n2c(-c3ccccc3)cc3c(-c4cccc5c4nc(-c4ccccc4O)n5-c4ccc(C(C)C)cc4)cccc32)cc1. The number of hydrogen-bond donors (Lipinski definition) is 1. The highest BCUT2D eigenvalue weighted by atomic mass is 16.3. The number of aromatic nitrogens is 3. The van der Waals surface area contributed by atoms with E-state index in [1.54, 1.807) is 6.07 Å². The monoisotopic (exact) mass is 637 g/mol. The predicted molar refractivity (Wildman–Crippen MR) is 204 cm³/mol. The van der Waals surface area contributed by atoms with E-state index in [1.165, 1.54) is 11.1 Å². The number of nitrogens with zero attached hydrogens (tertiary/aromatic N) is 3. The molecule has 0 fully saturated rings. The number of rotatable bonds is 7. The van der Waals surface area contributed by atoms with Gasteiger partial charge in [0.15, 0.2) is 0 Å². The fourth-order valence-electron chi connectivity index (χ4n) is 7.00. The molecule has 4 nitrogen and oxygen atoms in total. The maximum absolute atomic E-state index is 11.0. The van der Waals surface area contributed by atoms with Gasteiger partial charge in [-0.1, -0.05) is 119 Å². The van der Waals surface area contributed by atoms with E-state index in [0.29, 0.717) is 23.2 Å². The van der Waals surface area contributed by atoms with E-state index in [9.17, 15) is 5.11 Å². The van der Waals surface area contributed by atoms with Gasteiger partial charge in [0, 0.05) is 22.3 Å². The molecule has 0 saturated carbocycles. The summed E-state index contributed by atoms with van der Waals surface area (Å²) in [5.74, 6) is 1.80. The largest absolute Gasteiger partial charge is 0.507 e. The highest BCUT2D eigenvalue weighted by molar-refractivity contribution is 6.06. The van der Waals surface area contributed by atoms with Crippen LogP contribution in [0.25, 0.3) is 67.1 Å². The van der Waals surface area contributed by atoms with Gasteiger partial charge in [0.25, 0.3) is 0 Å². The second kappa shape index (κ2) is 12.3. The fourth-order valence-corrected chi connectivity index (χ4v) is 7.00. The van der Waals surface area contributed by atoms with E-state index < -0.39 is 0 Å². The van der Waals surface area contributed by atoms with Gasteiger partial charge in [0.1, 0.15) is 11.6 Å². The Labute approximate surface area is 287 Å². The third kappa shape index (κ3) is 5.30. The van der Waals surface area contributed by atoms with Gasteiger partial charge in [-0.3, -0.25) is 4.57 Å². The first-order valence-corrected chi connectivity index (χ1v) is 17.1. The van der Waals surface area contributed by atoms with Crippen LogP contribution in [-0.4, -0.2) is 19.2 Å². The number of aromatic hydroxyl groups is 1. The van der Waals surface area contributed by atoms with E-state index >= 15 is 0 Å². The topological polar surface area (TPSA) is 43.0 Å². The maximum Gasteiger partial charge on any atom is 0.149 e. The summed E-state index contributed by atoms with van der Waals surface area (Å²) >= 11 is 0. The van der Waals surface area contributed by atoms with Gasteiger partial charge in [-0.05, 0) is 88.7 Å². The van der Waals surface area contributed by atoms with Crippen LogP contribution in [0.3, 0.4) is 0 Å². The van der Waals surface area contributed by atoms with Crippen LogP contribution in [0.1, 0.15) is 50.7 Å². The molecule has 8 aromatic rings. The number of fused-ring (bicyclic) bond motifs is 2. The van der Waals surface area contributed by atoms with Crippen molar-refractivity contribution in [3.05, 3.63) is 157 Å². The van der Waals surface area contributed by atoms with Gasteiger partial charge in [0.05, 0.1) is 27.8 Å². The number of phenols is 1.